The molecule has 20 heavy (non-hydrogen) atoms. The number of carbonyl (C=O) groups excluding carboxylic acids is 1. The summed E-state index contributed by atoms with van der Waals surface area (Å²) in [6.07, 6.45) is 8.43. The van der Waals surface area contributed by atoms with Crippen molar-refractivity contribution in [3.8, 4) is 0 Å². The summed E-state index contributed by atoms with van der Waals surface area (Å²) in [5.41, 5.74) is 1.24. The highest BCUT2D eigenvalue weighted by Gasteiger charge is 2.34. The smallest absolute Gasteiger partial charge is 0.217 e. The number of pyridine rings is 1. The molecule has 0 aliphatic heterocycles. The monoisotopic (exact) mass is 275 g/mol. The van der Waals surface area contributed by atoms with Gasteiger partial charge in [-0.1, -0.05) is 18.9 Å². The molecule has 0 aromatic carbocycles. The Bertz CT molecular complexity index is 433. The molecule has 1 fully saturated rings. The molecule has 1 amide bonds. The Morgan fingerprint density at radius 3 is 2.75 bits per heavy atom. The Morgan fingerprint density at radius 1 is 1.40 bits per heavy atom. The summed E-state index contributed by atoms with van der Waals surface area (Å²) in [5, 5.41) is 3.15. The van der Waals surface area contributed by atoms with Crippen LogP contribution < -0.4 is 5.32 Å². The van der Waals surface area contributed by atoms with Crippen LogP contribution in [0.4, 0.5) is 0 Å². The third-order valence-corrected chi connectivity index (χ3v) is 4.20. The number of hydrogen-bond donors (Lipinski definition) is 1. The normalized spacial score (nSPS) is 24.4. The van der Waals surface area contributed by atoms with Gasteiger partial charge in [0.2, 0.25) is 5.91 Å². The van der Waals surface area contributed by atoms with Crippen LogP contribution in [0.1, 0.15) is 44.2 Å². The van der Waals surface area contributed by atoms with Gasteiger partial charge in [-0.25, -0.2) is 0 Å². The highest BCUT2D eigenvalue weighted by atomic mass is 16.1. The van der Waals surface area contributed by atoms with Gasteiger partial charge in [0.15, 0.2) is 0 Å². The van der Waals surface area contributed by atoms with Crippen LogP contribution in [0.3, 0.4) is 0 Å². The molecule has 3 unspecified atom stereocenters. The highest BCUT2D eigenvalue weighted by Crippen LogP contribution is 2.37. The molecule has 0 saturated heterocycles. The first-order valence-electron chi connectivity index (χ1n) is 7.43. The summed E-state index contributed by atoms with van der Waals surface area (Å²) in [6.45, 7) is 1.61. The van der Waals surface area contributed by atoms with E-state index in [1.165, 1.54) is 18.4 Å². The number of rotatable bonds is 4. The average Bonchev–Trinajstić information content (AvgIpc) is 2.41. The Balaban J connectivity index is 2.24. The SMILES string of the molecule is CC(=O)NC1CCCCC1C(c1cccnc1)N(C)C. The van der Waals surface area contributed by atoms with E-state index in [2.05, 4.69) is 35.4 Å². The number of carbonyl (C=O) groups is 1. The predicted octanol–water partition coefficient (Wildman–Crippen LogP) is 2.38. The summed E-state index contributed by atoms with van der Waals surface area (Å²) >= 11 is 0. The maximum Gasteiger partial charge on any atom is 0.217 e. The van der Waals surface area contributed by atoms with Crippen molar-refractivity contribution in [1.82, 2.24) is 15.2 Å². The maximum atomic E-state index is 11.4. The van der Waals surface area contributed by atoms with Crippen molar-refractivity contribution in [1.29, 1.82) is 0 Å². The summed E-state index contributed by atoms with van der Waals surface area (Å²) in [5.74, 6) is 0.525. The summed E-state index contributed by atoms with van der Waals surface area (Å²) < 4.78 is 0. The van der Waals surface area contributed by atoms with Gasteiger partial charge in [0.05, 0.1) is 0 Å². The van der Waals surface area contributed by atoms with E-state index in [-0.39, 0.29) is 11.9 Å². The molecule has 0 spiro atoms. The number of aromatic nitrogens is 1. The fraction of sp³-hybridized carbons (Fsp3) is 0.625. The van der Waals surface area contributed by atoms with E-state index in [9.17, 15) is 4.79 Å². The maximum absolute atomic E-state index is 11.4. The molecule has 1 saturated carbocycles. The van der Waals surface area contributed by atoms with Gasteiger partial charge < -0.3 is 10.2 Å². The van der Waals surface area contributed by atoms with Gasteiger partial charge in [0.25, 0.3) is 0 Å². The first-order chi connectivity index (χ1) is 9.59. The van der Waals surface area contributed by atoms with Gasteiger partial charge in [0.1, 0.15) is 0 Å². The molecule has 1 aromatic heterocycles. The van der Waals surface area contributed by atoms with Crippen molar-refractivity contribution in [3.05, 3.63) is 30.1 Å². The molecule has 1 aliphatic carbocycles. The van der Waals surface area contributed by atoms with E-state index in [1.54, 1.807) is 6.92 Å². The zero-order valence-electron chi connectivity index (χ0n) is 12.7. The first-order valence-corrected chi connectivity index (χ1v) is 7.43. The lowest BCUT2D eigenvalue weighted by atomic mass is 9.77. The van der Waals surface area contributed by atoms with Gasteiger partial charge in [-0.15, -0.1) is 0 Å². The zero-order chi connectivity index (χ0) is 14.5. The molecule has 2 rings (SSSR count). The van der Waals surface area contributed by atoms with Crippen LogP contribution in [0.15, 0.2) is 24.5 Å². The minimum atomic E-state index is 0.0746. The molecule has 1 aliphatic rings. The van der Waals surface area contributed by atoms with Crippen LogP contribution in [0.2, 0.25) is 0 Å². The molecule has 3 atom stereocenters. The van der Waals surface area contributed by atoms with Crippen LogP contribution in [-0.4, -0.2) is 35.9 Å². The number of nitrogens with zero attached hydrogens (tertiary/aromatic N) is 2. The molecule has 1 heterocycles. The fourth-order valence-corrected chi connectivity index (χ4v) is 3.46. The van der Waals surface area contributed by atoms with Gasteiger partial charge in [0, 0.05) is 31.4 Å². The second kappa shape index (κ2) is 6.84. The second-order valence-electron chi connectivity index (χ2n) is 5.95. The standard InChI is InChI=1S/C16H25N3O/c1-12(20)18-15-9-5-4-8-14(15)16(19(2)3)13-7-6-10-17-11-13/h6-7,10-11,14-16H,4-5,8-9H2,1-3H3,(H,18,20). The van der Waals surface area contributed by atoms with Crippen molar-refractivity contribution in [3.63, 3.8) is 0 Å². The van der Waals surface area contributed by atoms with Gasteiger partial charge in [-0.3, -0.25) is 9.78 Å². The largest absolute Gasteiger partial charge is 0.353 e. The molecule has 1 N–H and O–H groups in total. The third kappa shape index (κ3) is 3.57. The van der Waals surface area contributed by atoms with E-state index in [0.717, 1.165) is 12.8 Å². The lowest BCUT2D eigenvalue weighted by Crippen LogP contribution is -2.46. The Kier molecular flexibility index (Phi) is 5.12. The average molecular weight is 275 g/mol. The summed E-state index contributed by atoms with van der Waals surface area (Å²) in [7, 11) is 4.22. The number of nitrogens with one attached hydrogen (secondary N) is 1. The highest BCUT2D eigenvalue weighted by molar-refractivity contribution is 5.73. The molecule has 110 valence electrons. The van der Waals surface area contributed by atoms with Gasteiger partial charge in [-0.05, 0) is 44.5 Å². The molecular weight excluding hydrogens is 250 g/mol. The molecule has 4 heteroatoms. The predicted molar refractivity (Wildman–Crippen MR) is 80.2 cm³/mol. The van der Waals surface area contributed by atoms with Crippen LogP contribution in [-0.2, 0) is 4.79 Å². The van der Waals surface area contributed by atoms with E-state index in [0.29, 0.717) is 12.0 Å². The van der Waals surface area contributed by atoms with Crippen molar-refractivity contribution in [2.45, 2.75) is 44.7 Å². The first kappa shape index (κ1) is 15.0. The van der Waals surface area contributed by atoms with E-state index < -0.39 is 0 Å². The lowest BCUT2D eigenvalue weighted by molar-refractivity contribution is -0.120. The van der Waals surface area contributed by atoms with Crippen LogP contribution >= 0.6 is 0 Å². The summed E-state index contributed by atoms with van der Waals surface area (Å²) in [6, 6.07) is 4.70. The Morgan fingerprint density at radius 2 is 2.15 bits per heavy atom. The quantitative estimate of drug-likeness (QED) is 0.917. The van der Waals surface area contributed by atoms with Gasteiger partial charge in [-0.2, -0.15) is 0 Å². The Hall–Kier alpha value is -1.42. The minimum absolute atomic E-state index is 0.0746. The van der Waals surface area contributed by atoms with Crippen molar-refractivity contribution >= 4 is 5.91 Å². The van der Waals surface area contributed by atoms with Crippen LogP contribution in [0, 0.1) is 5.92 Å². The molecular formula is C16H25N3O. The second-order valence-corrected chi connectivity index (χ2v) is 5.95. The third-order valence-electron chi connectivity index (χ3n) is 4.20. The molecule has 0 radical (unpaired) electrons. The molecule has 1 aromatic rings. The van der Waals surface area contributed by atoms with E-state index in [4.69, 9.17) is 0 Å². The number of amides is 1. The van der Waals surface area contributed by atoms with Crippen LogP contribution in [0.25, 0.3) is 0 Å². The lowest BCUT2D eigenvalue weighted by Gasteiger charge is -2.40. The van der Waals surface area contributed by atoms with Crippen molar-refractivity contribution < 1.29 is 4.79 Å². The molecule has 4 nitrogen and oxygen atoms in total. The zero-order valence-corrected chi connectivity index (χ0v) is 12.7. The van der Waals surface area contributed by atoms with E-state index >= 15 is 0 Å². The van der Waals surface area contributed by atoms with E-state index in [1.807, 2.05) is 18.5 Å². The topological polar surface area (TPSA) is 45.2 Å². The summed E-state index contributed by atoms with van der Waals surface area (Å²) in [4.78, 5) is 18.0. The molecule has 0 bridgehead atoms. The van der Waals surface area contributed by atoms with Crippen molar-refractivity contribution in [2.24, 2.45) is 5.92 Å². The minimum Gasteiger partial charge on any atom is -0.353 e. The number of hydrogen-bond acceptors (Lipinski definition) is 3. The Labute approximate surface area is 121 Å². The van der Waals surface area contributed by atoms with Gasteiger partial charge >= 0.3 is 0 Å². The fourth-order valence-electron chi connectivity index (χ4n) is 3.46. The van der Waals surface area contributed by atoms with Crippen LogP contribution in [0.5, 0.6) is 0 Å². The van der Waals surface area contributed by atoms with Crippen molar-refractivity contribution in [2.75, 3.05) is 14.1 Å².